The number of carbonyl (C=O) groups excluding carboxylic acids is 1. The predicted octanol–water partition coefficient (Wildman–Crippen LogP) is 4.37. The molecular weight excluding hydrogens is 383 g/mol. The van der Waals surface area contributed by atoms with Crippen LogP contribution in [0.2, 0.25) is 10.0 Å². The van der Waals surface area contributed by atoms with Crippen LogP contribution in [-0.2, 0) is 13.0 Å². The lowest BCUT2D eigenvalue weighted by atomic mass is 10.1. The number of amides is 1. The quantitative estimate of drug-likeness (QED) is 0.617. The van der Waals surface area contributed by atoms with Crippen LogP contribution in [0.15, 0.2) is 61.1 Å². The Morgan fingerprint density at radius 3 is 2.63 bits per heavy atom. The summed E-state index contributed by atoms with van der Waals surface area (Å²) in [6.45, 7) is 1.01. The summed E-state index contributed by atoms with van der Waals surface area (Å²) in [5.41, 5.74) is 2.48. The van der Waals surface area contributed by atoms with Crippen LogP contribution in [0, 0.1) is 0 Å². The Labute approximate surface area is 167 Å². The number of rotatable bonds is 7. The molecule has 0 unspecified atom stereocenters. The van der Waals surface area contributed by atoms with Gasteiger partial charge in [0, 0.05) is 41.7 Å². The van der Waals surface area contributed by atoms with Crippen LogP contribution in [0.4, 0.5) is 5.82 Å². The molecule has 27 heavy (non-hydrogen) atoms. The Morgan fingerprint density at radius 2 is 1.85 bits per heavy atom. The van der Waals surface area contributed by atoms with Gasteiger partial charge in [0.1, 0.15) is 5.82 Å². The average Bonchev–Trinajstić information content (AvgIpc) is 2.69. The van der Waals surface area contributed by atoms with Gasteiger partial charge in [-0.15, -0.1) is 0 Å². The van der Waals surface area contributed by atoms with Crippen LogP contribution in [0.5, 0.6) is 0 Å². The fourth-order valence-electron chi connectivity index (χ4n) is 2.55. The molecule has 0 aliphatic rings. The first-order valence-electron chi connectivity index (χ1n) is 8.43. The SMILES string of the molecule is O=C(NCCc1ccc(Cl)cc1Cl)c1cccnc1NCc1ccncc1. The molecule has 0 aliphatic carbocycles. The first-order chi connectivity index (χ1) is 13.1. The molecule has 0 fully saturated rings. The van der Waals surface area contributed by atoms with E-state index in [1.165, 1.54) is 0 Å². The number of nitrogens with zero attached hydrogens (tertiary/aromatic N) is 2. The number of carbonyl (C=O) groups is 1. The Bertz CT molecular complexity index is 919. The van der Waals surface area contributed by atoms with Gasteiger partial charge in [0.2, 0.25) is 0 Å². The van der Waals surface area contributed by atoms with E-state index in [9.17, 15) is 4.79 Å². The molecule has 0 atom stereocenters. The van der Waals surface area contributed by atoms with Gasteiger partial charge in [-0.2, -0.15) is 0 Å². The average molecular weight is 401 g/mol. The summed E-state index contributed by atoms with van der Waals surface area (Å²) in [5.74, 6) is 0.349. The van der Waals surface area contributed by atoms with E-state index in [0.29, 0.717) is 40.9 Å². The van der Waals surface area contributed by atoms with Crippen molar-refractivity contribution < 1.29 is 4.79 Å². The lowest BCUT2D eigenvalue weighted by Gasteiger charge is -2.11. The number of nitrogens with one attached hydrogen (secondary N) is 2. The highest BCUT2D eigenvalue weighted by Gasteiger charge is 2.12. The third kappa shape index (κ3) is 5.42. The normalized spacial score (nSPS) is 10.4. The predicted molar refractivity (Wildman–Crippen MR) is 108 cm³/mol. The Kier molecular flexibility index (Phi) is 6.63. The first kappa shape index (κ1) is 19.1. The van der Waals surface area contributed by atoms with Crippen LogP contribution in [-0.4, -0.2) is 22.4 Å². The van der Waals surface area contributed by atoms with E-state index in [2.05, 4.69) is 20.6 Å². The third-order valence-corrected chi connectivity index (χ3v) is 4.54. The van der Waals surface area contributed by atoms with Crippen molar-refractivity contribution in [2.45, 2.75) is 13.0 Å². The number of benzene rings is 1. The van der Waals surface area contributed by atoms with Gasteiger partial charge < -0.3 is 10.6 Å². The van der Waals surface area contributed by atoms with Gasteiger partial charge in [0.05, 0.1) is 5.56 Å². The zero-order chi connectivity index (χ0) is 19.1. The van der Waals surface area contributed by atoms with E-state index in [1.54, 1.807) is 42.9 Å². The van der Waals surface area contributed by atoms with Gasteiger partial charge in [0.15, 0.2) is 0 Å². The molecule has 138 valence electrons. The lowest BCUT2D eigenvalue weighted by Crippen LogP contribution is -2.27. The second-order valence-corrected chi connectivity index (χ2v) is 6.69. The van der Waals surface area contributed by atoms with E-state index in [1.807, 2.05) is 18.2 Å². The van der Waals surface area contributed by atoms with Gasteiger partial charge in [0.25, 0.3) is 5.91 Å². The van der Waals surface area contributed by atoms with E-state index >= 15 is 0 Å². The fraction of sp³-hybridized carbons (Fsp3) is 0.150. The highest BCUT2D eigenvalue weighted by atomic mass is 35.5. The standard InChI is InChI=1S/C20H18Cl2N4O/c21-16-4-3-15(18(22)12-16)7-11-25-20(27)17-2-1-8-24-19(17)26-13-14-5-9-23-10-6-14/h1-6,8-10,12H,7,11,13H2,(H,24,26)(H,25,27). The zero-order valence-corrected chi connectivity index (χ0v) is 16.0. The molecule has 7 heteroatoms. The van der Waals surface area contributed by atoms with Crippen molar-refractivity contribution in [3.63, 3.8) is 0 Å². The van der Waals surface area contributed by atoms with Crippen molar-refractivity contribution in [3.05, 3.63) is 87.8 Å². The van der Waals surface area contributed by atoms with Gasteiger partial charge in [-0.1, -0.05) is 29.3 Å². The number of pyridine rings is 2. The maximum absolute atomic E-state index is 12.6. The van der Waals surface area contributed by atoms with Crippen molar-refractivity contribution in [3.8, 4) is 0 Å². The number of aromatic nitrogens is 2. The Balaban J connectivity index is 1.59. The number of halogens is 2. The molecule has 2 N–H and O–H groups in total. The van der Waals surface area contributed by atoms with Crippen molar-refractivity contribution in [2.24, 2.45) is 0 Å². The topological polar surface area (TPSA) is 66.9 Å². The maximum Gasteiger partial charge on any atom is 0.255 e. The summed E-state index contributed by atoms with van der Waals surface area (Å²) in [7, 11) is 0. The molecule has 0 radical (unpaired) electrons. The molecule has 0 saturated carbocycles. The number of hydrogen-bond acceptors (Lipinski definition) is 4. The summed E-state index contributed by atoms with van der Waals surface area (Å²) >= 11 is 12.1. The van der Waals surface area contributed by atoms with Crippen LogP contribution in [0.3, 0.4) is 0 Å². The van der Waals surface area contributed by atoms with Crippen LogP contribution < -0.4 is 10.6 Å². The van der Waals surface area contributed by atoms with E-state index < -0.39 is 0 Å². The lowest BCUT2D eigenvalue weighted by molar-refractivity contribution is 0.0954. The minimum Gasteiger partial charge on any atom is -0.365 e. The van der Waals surface area contributed by atoms with Gasteiger partial charge >= 0.3 is 0 Å². The van der Waals surface area contributed by atoms with Crippen molar-refractivity contribution in [1.82, 2.24) is 15.3 Å². The van der Waals surface area contributed by atoms with E-state index in [4.69, 9.17) is 23.2 Å². The minimum absolute atomic E-state index is 0.189. The molecule has 5 nitrogen and oxygen atoms in total. The smallest absolute Gasteiger partial charge is 0.255 e. The van der Waals surface area contributed by atoms with Crippen molar-refractivity contribution in [2.75, 3.05) is 11.9 Å². The number of hydrogen-bond donors (Lipinski definition) is 2. The molecule has 0 spiro atoms. The monoisotopic (exact) mass is 400 g/mol. The Morgan fingerprint density at radius 1 is 1.04 bits per heavy atom. The Hall–Kier alpha value is -2.63. The van der Waals surface area contributed by atoms with Crippen LogP contribution in [0.25, 0.3) is 0 Å². The highest BCUT2D eigenvalue weighted by Crippen LogP contribution is 2.21. The molecule has 3 aromatic rings. The first-order valence-corrected chi connectivity index (χ1v) is 9.19. The molecule has 2 heterocycles. The molecule has 3 rings (SSSR count). The molecule has 2 aromatic heterocycles. The van der Waals surface area contributed by atoms with Crippen LogP contribution >= 0.6 is 23.2 Å². The summed E-state index contributed by atoms with van der Waals surface area (Å²) in [4.78, 5) is 20.8. The molecule has 0 aliphatic heterocycles. The van der Waals surface area contributed by atoms with Crippen LogP contribution in [0.1, 0.15) is 21.5 Å². The molecule has 1 amide bonds. The third-order valence-electron chi connectivity index (χ3n) is 3.96. The van der Waals surface area contributed by atoms with Gasteiger partial charge in [-0.25, -0.2) is 4.98 Å². The van der Waals surface area contributed by atoms with E-state index in [0.717, 1.165) is 11.1 Å². The summed E-state index contributed by atoms with van der Waals surface area (Å²) in [6.07, 6.45) is 5.72. The zero-order valence-electron chi connectivity index (χ0n) is 14.5. The van der Waals surface area contributed by atoms with Crippen molar-refractivity contribution >= 4 is 34.9 Å². The van der Waals surface area contributed by atoms with Crippen molar-refractivity contribution in [1.29, 1.82) is 0 Å². The highest BCUT2D eigenvalue weighted by molar-refractivity contribution is 6.35. The summed E-state index contributed by atoms with van der Waals surface area (Å²) in [6, 6.07) is 12.6. The van der Waals surface area contributed by atoms with E-state index in [-0.39, 0.29) is 5.91 Å². The summed E-state index contributed by atoms with van der Waals surface area (Å²) < 4.78 is 0. The largest absolute Gasteiger partial charge is 0.365 e. The second-order valence-electron chi connectivity index (χ2n) is 5.85. The second kappa shape index (κ2) is 9.35. The number of anilines is 1. The summed E-state index contributed by atoms with van der Waals surface area (Å²) in [5, 5.41) is 7.29. The fourth-order valence-corrected chi connectivity index (χ4v) is 3.05. The molecular formula is C20H18Cl2N4O. The molecule has 0 saturated heterocycles. The maximum atomic E-state index is 12.6. The molecule has 1 aromatic carbocycles. The molecule has 0 bridgehead atoms. The van der Waals surface area contributed by atoms with Gasteiger partial charge in [-0.3, -0.25) is 9.78 Å². The minimum atomic E-state index is -0.189. The van der Waals surface area contributed by atoms with Gasteiger partial charge in [-0.05, 0) is 53.9 Å².